The number of hydrogen-bond acceptors (Lipinski definition) is 3. The summed E-state index contributed by atoms with van der Waals surface area (Å²) in [5.41, 5.74) is 1.39. The first-order valence-corrected chi connectivity index (χ1v) is 7.02. The van der Waals surface area contributed by atoms with Gasteiger partial charge in [-0.3, -0.25) is 0 Å². The van der Waals surface area contributed by atoms with Crippen LogP contribution in [0.4, 0.5) is 10.5 Å². The molecule has 0 saturated carbocycles. The van der Waals surface area contributed by atoms with Gasteiger partial charge in [0.25, 0.3) is 0 Å². The predicted molar refractivity (Wildman–Crippen MR) is 86.9 cm³/mol. The summed E-state index contributed by atoms with van der Waals surface area (Å²) in [6, 6.07) is 12.3. The van der Waals surface area contributed by atoms with Crippen LogP contribution in [0.25, 0.3) is 0 Å². The summed E-state index contributed by atoms with van der Waals surface area (Å²) in [5.74, 6) is 1.15. The van der Waals surface area contributed by atoms with Gasteiger partial charge >= 0.3 is 6.03 Å². The van der Waals surface area contributed by atoms with Crippen molar-refractivity contribution in [2.45, 2.75) is 6.54 Å². The summed E-state index contributed by atoms with van der Waals surface area (Å²) in [6.45, 7) is 0.346. The molecule has 0 heterocycles. The van der Waals surface area contributed by atoms with E-state index in [1.807, 2.05) is 24.3 Å². The number of anilines is 1. The van der Waals surface area contributed by atoms with Crippen LogP contribution in [0, 0.1) is 0 Å². The van der Waals surface area contributed by atoms with Gasteiger partial charge in [0, 0.05) is 12.1 Å². The van der Waals surface area contributed by atoms with E-state index in [2.05, 4.69) is 10.6 Å². The Labute approximate surface area is 134 Å². The average molecular weight is 321 g/mol. The molecule has 0 atom stereocenters. The first-order chi connectivity index (χ1) is 10.7. The second-order valence-corrected chi connectivity index (χ2v) is 4.85. The van der Waals surface area contributed by atoms with Crippen molar-refractivity contribution in [2.24, 2.45) is 0 Å². The Morgan fingerprint density at radius 1 is 1.09 bits per heavy atom. The van der Waals surface area contributed by atoms with E-state index in [9.17, 15) is 4.79 Å². The van der Waals surface area contributed by atoms with E-state index in [1.54, 1.807) is 25.3 Å². The van der Waals surface area contributed by atoms with Crippen molar-refractivity contribution in [2.75, 3.05) is 19.5 Å². The summed E-state index contributed by atoms with van der Waals surface area (Å²) in [5, 5.41) is 5.91. The van der Waals surface area contributed by atoms with E-state index in [4.69, 9.17) is 21.1 Å². The number of nitrogens with one attached hydrogen (secondary N) is 2. The highest BCUT2D eigenvalue weighted by atomic mass is 35.5. The molecule has 0 saturated heterocycles. The number of amides is 2. The van der Waals surface area contributed by atoms with Crippen molar-refractivity contribution in [1.82, 2.24) is 5.32 Å². The second-order valence-electron chi connectivity index (χ2n) is 4.44. The number of rotatable bonds is 5. The first-order valence-electron chi connectivity index (χ1n) is 6.65. The highest BCUT2D eigenvalue weighted by Crippen LogP contribution is 2.32. The monoisotopic (exact) mass is 320 g/mol. The summed E-state index contributed by atoms with van der Waals surface area (Å²) < 4.78 is 10.4. The van der Waals surface area contributed by atoms with Crippen LogP contribution in [0.15, 0.2) is 42.5 Å². The van der Waals surface area contributed by atoms with E-state index >= 15 is 0 Å². The average Bonchev–Trinajstić information content (AvgIpc) is 2.53. The van der Waals surface area contributed by atoms with Gasteiger partial charge in [-0.1, -0.05) is 35.9 Å². The molecule has 2 amide bonds. The number of benzene rings is 2. The third-order valence-electron chi connectivity index (χ3n) is 3.05. The lowest BCUT2D eigenvalue weighted by atomic mass is 10.2. The Morgan fingerprint density at radius 3 is 2.59 bits per heavy atom. The Balaban J connectivity index is 2.01. The third-order valence-corrected chi connectivity index (χ3v) is 3.35. The van der Waals surface area contributed by atoms with Crippen molar-refractivity contribution in [3.8, 4) is 11.5 Å². The quantitative estimate of drug-likeness (QED) is 0.883. The van der Waals surface area contributed by atoms with Crippen LogP contribution in [-0.2, 0) is 6.54 Å². The molecule has 0 aliphatic heterocycles. The van der Waals surface area contributed by atoms with Gasteiger partial charge in [0.1, 0.15) is 5.75 Å². The topological polar surface area (TPSA) is 59.6 Å². The summed E-state index contributed by atoms with van der Waals surface area (Å²) in [6.07, 6.45) is 0. The predicted octanol–water partition coefficient (Wildman–Crippen LogP) is 3.68. The van der Waals surface area contributed by atoms with E-state index in [0.717, 1.165) is 11.3 Å². The van der Waals surface area contributed by atoms with Gasteiger partial charge in [0.2, 0.25) is 0 Å². The van der Waals surface area contributed by atoms with Gasteiger partial charge in [-0.05, 0) is 18.2 Å². The summed E-state index contributed by atoms with van der Waals surface area (Å²) in [4.78, 5) is 12.0. The lowest BCUT2D eigenvalue weighted by Crippen LogP contribution is -2.28. The number of carbonyl (C=O) groups excluding carboxylic acids is 1. The molecule has 0 radical (unpaired) electrons. The van der Waals surface area contributed by atoms with Crippen LogP contribution in [0.2, 0.25) is 5.02 Å². The number of ether oxygens (including phenoxy) is 2. The first kappa shape index (κ1) is 16.0. The molecule has 116 valence electrons. The van der Waals surface area contributed by atoms with E-state index in [-0.39, 0.29) is 6.03 Å². The molecular weight excluding hydrogens is 304 g/mol. The fourth-order valence-electron chi connectivity index (χ4n) is 2.01. The van der Waals surface area contributed by atoms with Crippen LogP contribution >= 0.6 is 11.6 Å². The van der Waals surface area contributed by atoms with Crippen LogP contribution in [0.1, 0.15) is 5.56 Å². The van der Waals surface area contributed by atoms with E-state index in [0.29, 0.717) is 23.0 Å². The van der Waals surface area contributed by atoms with Crippen molar-refractivity contribution >= 4 is 23.3 Å². The largest absolute Gasteiger partial charge is 0.496 e. The lowest BCUT2D eigenvalue weighted by Gasteiger charge is -2.13. The fourth-order valence-corrected chi connectivity index (χ4v) is 2.26. The van der Waals surface area contributed by atoms with Gasteiger partial charge in [0.05, 0.1) is 24.9 Å². The normalized spacial score (nSPS) is 9.95. The molecular formula is C16H17ClN2O3. The number of methoxy groups -OCH3 is 2. The van der Waals surface area contributed by atoms with Crippen LogP contribution in [0.3, 0.4) is 0 Å². The molecule has 0 bridgehead atoms. The van der Waals surface area contributed by atoms with Crippen molar-refractivity contribution in [3.05, 3.63) is 53.1 Å². The van der Waals surface area contributed by atoms with Crippen molar-refractivity contribution in [3.63, 3.8) is 0 Å². The Bertz CT molecular complexity index is 662. The highest BCUT2D eigenvalue weighted by molar-refractivity contribution is 6.32. The molecule has 0 aliphatic carbocycles. The molecule has 0 fully saturated rings. The third kappa shape index (κ3) is 3.83. The van der Waals surface area contributed by atoms with Gasteiger partial charge < -0.3 is 20.1 Å². The van der Waals surface area contributed by atoms with Crippen molar-refractivity contribution < 1.29 is 14.3 Å². The van der Waals surface area contributed by atoms with Crippen LogP contribution < -0.4 is 20.1 Å². The highest BCUT2D eigenvalue weighted by Gasteiger charge is 2.10. The standard InChI is InChI=1S/C16H17ClN2O3/c1-21-14-9-4-3-6-11(14)10-18-16(20)19-13-8-5-7-12(17)15(13)22-2/h3-9H,10H2,1-2H3,(H2,18,19,20). The Kier molecular flexibility index (Phi) is 5.49. The number of hydrogen-bond donors (Lipinski definition) is 2. The molecule has 0 aromatic heterocycles. The van der Waals surface area contributed by atoms with Gasteiger partial charge in [-0.2, -0.15) is 0 Å². The van der Waals surface area contributed by atoms with Gasteiger partial charge in [-0.25, -0.2) is 4.79 Å². The zero-order valence-electron chi connectivity index (χ0n) is 12.4. The molecule has 5 nitrogen and oxygen atoms in total. The maximum absolute atomic E-state index is 12.0. The molecule has 22 heavy (non-hydrogen) atoms. The van der Waals surface area contributed by atoms with Gasteiger partial charge in [-0.15, -0.1) is 0 Å². The molecule has 2 aromatic carbocycles. The molecule has 0 unspecified atom stereocenters. The minimum absolute atomic E-state index is 0.346. The number of halogens is 1. The molecule has 2 rings (SSSR count). The zero-order chi connectivity index (χ0) is 15.9. The fraction of sp³-hybridized carbons (Fsp3) is 0.188. The number of carbonyl (C=O) groups is 1. The maximum Gasteiger partial charge on any atom is 0.319 e. The van der Waals surface area contributed by atoms with Crippen molar-refractivity contribution in [1.29, 1.82) is 0 Å². The smallest absolute Gasteiger partial charge is 0.319 e. The summed E-state index contributed by atoms with van der Waals surface area (Å²) in [7, 11) is 3.09. The van der Waals surface area contributed by atoms with E-state index < -0.39 is 0 Å². The SMILES string of the molecule is COc1ccccc1CNC(=O)Nc1cccc(Cl)c1OC. The summed E-state index contributed by atoms with van der Waals surface area (Å²) >= 11 is 6.01. The molecule has 2 N–H and O–H groups in total. The molecule has 6 heteroatoms. The van der Waals surface area contributed by atoms with Crippen LogP contribution in [-0.4, -0.2) is 20.3 Å². The zero-order valence-corrected chi connectivity index (χ0v) is 13.1. The Morgan fingerprint density at radius 2 is 1.86 bits per heavy atom. The minimum atomic E-state index is -0.355. The van der Waals surface area contributed by atoms with Gasteiger partial charge in [0.15, 0.2) is 5.75 Å². The second kappa shape index (κ2) is 7.56. The number of urea groups is 1. The molecule has 2 aromatic rings. The van der Waals surface area contributed by atoms with Crippen LogP contribution in [0.5, 0.6) is 11.5 Å². The van der Waals surface area contributed by atoms with E-state index in [1.165, 1.54) is 7.11 Å². The maximum atomic E-state index is 12.0. The molecule has 0 aliphatic rings. The Hall–Kier alpha value is -2.40. The number of para-hydroxylation sites is 2. The molecule has 0 spiro atoms. The lowest BCUT2D eigenvalue weighted by molar-refractivity contribution is 0.251. The minimum Gasteiger partial charge on any atom is -0.496 e.